The summed E-state index contributed by atoms with van der Waals surface area (Å²) in [6, 6.07) is 7.14. The van der Waals surface area contributed by atoms with Crippen LogP contribution in [0.15, 0.2) is 36.7 Å². The van der Waals surface area contributed by atoms with Crippen LogP contribution in [0.25, 0.3) is 0 Å². The summed E-state index contributed by atoms with van der Waals surface area (Å²) in [4.78, 5) is 10.7. The van der Waals surface area contributed by atoms with Gasteiger partial charge in [0.2, 0.25) is 5.95 Å². The summed E-state index contributed by atoms with van der Waals surface area (Å²) in [5, 5.41) is 6.46. The van der Waals surface area contributed by atoms with Crippen LogP contribution in [-0.2, 0) is 6.61 Å². The van der Waals surface area contributed by atoms with Gasteiger partial charge in [-0.1, -0.05) is 0 Å². The standard InChI is InChI=1S/C24H27F2N5O3/c1-15-10-21(33-3)23(26)18(22(15)25)14-34-17-12-28-24(29-13-17)30-16-4-5-19(20(11-16)32-2)31-8-6-27-7-9-31/h4-5,10-13,27H,6-9,14H2,1-3H3,(H,28,29,30). The summed E-state index contributed by atoms with van der Waals surface area (Å²) in [6.07, 6.45) is 2.87. The van der Waals surface area contributed by atoms with Crippen LogP contribution < -0.4 is 29.7 Å². The van der Waals surface area contributed by atoms with Crippen molar-refractivity contribution in [2.75, 3.05) is 50.6 Å². The van der Waals surface area contributed by atoms with Gasteiger partial charge < -0.3 is 29.7 Å². The number of methoxy groups -OCH3 is 2. The van der Waals surface area contributed by atoms with Gasteiger partial charge in [-0.05, 0) is 30.7 Å². The highest BCUT2D eigenvalue weighted by Gasteiger charge is 2.18. The molecule has 2 N–H and O–H groups in total. The van der Waals surface area contributed by atoms with Gasteiger partial charge in [0.1, 0.15) is 18.2 Å². The average Bonchev–Trinajstić information content (AvgIpc) is 2.87. The first-order valence-corrected chi connectivity index (χ1v) is 10.9. The quantitative estimate of drug-likeness (QED) is 0.514. The Morgan fingerprint density at radius 2 is 1.71 bits per heavy atom. The van der Waals surface area contributed by atoms with Gasteiger partial charge in [0.05, 0.1) is 37.9 Å². The Morgan fingerprint density at radius 1 is 1.00 bits per heavy atom. The third kappa shape index (κ3) is 5.12. The molecule has 4 rings (SSSR count). The number of benzene rings is 2. The van der Waals surface area contributed by atoms with Crippen molar-refractivity contribution in [3.8, 4) is 17.2 Å². The molecule has 34 heavy (non-hydrogen) atoms. The van der Waals surface area contributed by atoms with Crippen LogP contribution >= 0.6 is 0 Å². The number of hydrogen-bond acceptors (Lipinski definition) is 8. The second kappa shape index (κ2) is 10.5. The molecule has 0 unspecified atom stereocenters. The number of aromatic nitrogens is 2. The molecular weight excluding hydrogens is 444 g/mol. The van der Waals surface area contributed by atoms with Crippen LogP contribution in [0.1, 0.15) is 11.1 Å². The van der Waals surface area contributed by atoms with Gasteiger partial charge >= 0.3 is 0 Å². The fraction of sp³-hybridized carbons (Fsp3) is 0.333. The van der Waals surface area contributed by atoms with Crippen LogP contribution in [0.4, 0.5) is 26.1 Å². The van der Waals surface area contributed by atoms with Gasteiger partial charge in [0, 0.05) is 37.9 Å². The Bertz CT molecular complexity index is 1140. The molecule has 180 valence electrons. The highest BCUT2D eigenvalue weighted by molar-refractivity contribution is 5.67. The lowest BCUT2D eigenvalue weighted by Gasteiger charge is -2.30. The zero-order chi connectivity index (χ0) is 24.1. The molecule has 2 aromatic carbocycles. The highest BCUT2D eigenvalue weighted by Crippen LogP contribution is 2.32. The molecule has 3 aromatic rings. The maximum Gasteiger partial charge on any atom is 0.227 e. The SMILES string of the molecule is COc1cc(Nc2ncc(OCc3c(F)c(C)cc(OC)c3F)cn2)ccc1N1CCNCC1. The van der Waals surface area contributed by atoms with Crippen LogP contribution in [0.2, 0.25) is 0 Å². The number of nitrogens with zero attached hydrogens (tertiary/aromatic N) is 3. The minimum absolute atomic E-state index is 0.0355. The number of halogens is 2. The van der Waals surface area contributed by atoms with E-state index in [4.69, 9.17) is 14.2 Å². The van der Waals surface area contributed by atoms with E-state index in [1.165, 1.54) is 32.5 Å². The van der Waals surface area contributed by atoms with Crippen LogP contribution in [0.5, 0.6) is 17.2 Å². The summed E-state index contributed by atoms with van der Waals surface area (Å²) < 4.78 is 44.8. The molecule has 1 saturated heterocycles. The zero-order valence-corrected chi connectivity index (χ0v) is 19.3. The first kappa shape index (κ1) is 23.5. The number of nitrogens with one attached hydrogen (secondary N) is 2. The summed E-state index contributed by atoms with van der Waals surface area (Å²) in [5.74, 6) is -0.120. The number of anilines is 3. The van der Waals surface area contributed by atoms with Crippen LogP contribution in [-0.4, -0.2) is 50.4 Å². The van der Waals surface area contributed by atoms with Crippen molar-refractivity contribution < 1.29 is 23.0 Å². The molecule has 0 bridgehead atoms. The summed E-state index contributed by atoms with van der Waals surface area (Å²) >= 11 is 0. The fourth-order valence-electron chi connectivity index (χ4n) is 3.74. The maximum absolute atomic E-state index is 14.4. The Labute approximate surface area is 196 Å². The van der Waals surface area contributed by atoms with Gasteiger partial charge in [-0.2, -0.15) is 0 Å². The smallest absolute Gasteiger partial charge is 0.227 e. The van der Waals surface area contributed by atoms with Crippen LogP contribution in [0.3, 0.4) is 0 Å². The molecule has 0 radical (unpaired) electrons. The van der Waals surface area contributed by atoms with Crippen molar-refractivity contribution in [2.24, 2.45) is 0 Å². The molecule has 8 nitrogen and oxygen atoms in total. The van der Waals surface area contributed by atoms with Gasteiger partial charge in [-0.3, -0.25) is 0 Å². The van der Waals surface area contributed by atoms with E-state index in [1.807, 2.05) is 18.2 Å². The van der Waals surface area contributed by atoms with E-state index in [1.54, 1.807) is 7.11 Å². The molecule has 1 fully saturated rings. The number of hydrogen-bond donors (Lipinski definition) is 2. The van der Waals surface area contributed by atoms with Gasteiger partial charge in [-0.25, -0.2) is 18.7 Å². The third-order valence-corrected chi connectivity index (χ3v) is 5.56. The molecule has 1 aliphatic rings. The molecular formula is C24H27F2N5O3. The van der Waals surface area contributed by atoms with Gasteiger partial charge in [0.15, 0.2) is 17.3 Å². The minimum atomic E-state index is -0.789. The van der Waals surface area contributed by atoms with Crippen molar-refractivity contribution in [3.05, 3.63) is 59.4 Å². The molecule has 0 atom stereocenters. The van der Waals surface area contributed by atoms with E-state index in [-0.39, 0.29) is 29.2 Å². The highest BCUT2D eigenvalue weighted by atomic mass is 19.1. The van der Waals surface area contributed by atoms with E-state index >= 15 is 0 Å². The van der Waals surface area contributed by atoms with Gasteiger partial charge in [-0.15, -0.1) is 0 Å². The van der Waals surface area contributed by atoms with Gasteiger partial charge in [0.25, 0.3) is 0 Å². The summed E-state index contributed by atoms with van der Waals surface area (Å²) in [7, 11) is 2.97. The first-order chi connectivity index (χ1) is 16.5. The largest absolute Gasteiger partial charge is 0.495 e. The first-order valence-electron chi connectivity index (χ1n) is 10.9. The second-order valence-electron chi connectivity index (χ2n) is 7.78. The summed E-state index contributed by atoms with van der Waals surface area (Å²) in [6.45, 7) is 4.91. The Hall–Kier alpha value is -3.66. The van der Waals surface area contributed by atoms with Crippen molar-refractivity contribution in [1.29, 1.82) is 0 Å². The second-order valence-corrected chi connectivity index (χ2v) is 7.78. The Balaban J connectivity index is 1.42. The minimum Gasteiger partial charge on any atom is -0.495 e. The normalized spacial score (nSPS) is 13.5. The predicted molar refractivity (Wildman–Crippen MR) is 125 cm³/mol. The van der Waals surface area contributed by atoms with Crippen molar-refractivity contribution >= 4 is 17.3 Å². The number of ether oxygens (including phenoxy) is 3. The van der Waals surface area contributed by atoms with E-state index in [9.17, 15) is 8.78 Å². The molecule has 0 spiro atoms. The molecule has 0 amide bonds. The topological polar surface area (TPSA) is 80.8 Å². The molecule has 0 saturated carbocycles. The van der Waals surface area contributed by atoms with Crippen molar-refractivity contribution in [1.82, 2.24) is 15.3 Å². The molecule has 10 heteroatoms. The third-order valence-electron chi connectivity index (χ3n) is 5.56. The molecule has 1 aliphatic heterocycles. The molecule has 0 aliphatic carbocycles. The molecule has 2 heterocycles. The number of rotatable bonds is 8. The predicted octanol–water partition coefficient (Wildman–Crippen LogP) is 3.81. The van der Waals surface area contributed by atoms with Crippen molar-refractivity contribution in [3.63, 3.8) is 0 Å². The van der Waals surface area contributed by atoms with Crippen molar-refractivity contribution in [2.45, 2.75) is 13.5 Å². The lowest BCUT2D eigenvalue weighted by Crippen LogP contribution is -2.43. The lowest BCUT2D eigenvalue weighted by molar-refractivity contribution is 0.285. The van der Waals surface area contributed by atoms with E-state index < -0.39 is 11.6 Å². The molecule has 1 aromatic heterocycles. The fourth-order valence-corrected chi connectivity index (χ4v) is 3.74. The monoisotopic (exact) mass is 471 g/mol. The van der Waals surface area contributed by atoms with E-state index in [0.717, 1.165) is 43.3 Å². The maximum atomic E-state index is 14.4. The Morgan fingerprint density at radius 3 is 2.38 bits per heavy atom. The Kier molecular flexibility index (Phi) is 7.27. The average molecular weight is 472 g/mol. The van der Waals surface area contributed by atoms with E-state index in [2.05, 4.69) is 25.5 Å². The van der Waals surface area contributed by atoms with E-state index in [0.29, 0.717) is 5.95 Å². The number of piperazine rings is 1. The summed E-state index contributed by atoms with van der Waals surface area (Å²) in [5.41, 5.74) is 1.86. The zero-order valence-electron chi connectivity index (χ0n) is 19.3. The lowest BCUT2D eigenvalue weighted by atomic mass is 10.1. The van der Waals surface area contributed by atoms with Crippen LogP contribution in [0, 0.1) is 18.6 Å². The number of aryl methyl sites for hydroxylation is 1.